The first-order valence-corrected chi connectivity index (χ1v) is 20.0. The Bertz CT molecular complexity index is 2480. The summed E-state index contributed by atoms with van der Waals surface area (Å²) in [5, 5.41) is 2.36. The molecule has 0 bridgehead atoms. The van der Waals surface area contributed by atoms with E-state index in [4.69, 9.17) is 19.5 Å². The predicted molar refractivity (Wildman–Crippen MR) is 224 cm³/mol. The van der Waals surface area contributed by atoms with Crippen LogP contribution in [0.15, 0.2) is 120 Å². The zero-order valence-electron chi connectivity index (χ0n) is 32.7. The van der Waals surface area contributed by atoms with Gasteiger partial charge in [-0.3, -0.25) is 14.8 Å². The molecule has 288 valence electrons. The van der Waals surface area contributed by atoms with Crippen LogP contribution in [0.4, 0.5) is 15.3 Å². The number of rotatable bonds is 7. The van der Waals surface area contributed by atoms with Crippen LogP contribution in [0.2, 0.25) is 0 Å². The van der Waals surface area contributed by atoms with E-state index in [0.29, 0.717) is 13.1 Å². The molecular formula is C48H47N5O4. The van der Waals surface area contributed by atoms with Crippen LogP contribution < -0.4 is 0 Å². The Morgan fingerprint density at radius 3 is 2.09 bits per heavy atom. The van der Waals surface area contributed by atoms with Crippen LogP contribution in [0.5, 0.6) is 0 Å². The Morgan fingerprint density at radius 1 is 0.719 bits per heavy atom. The summed E-state index contributed by atoms with van der Waals surface area (Å²) in [6.45, 7) is 7.33. The van der Waals surface area contributed by atoms with Crippen molar-refractivity contribution in [2.45, 2.75) is 77.2 Å². The smallest absolute Gasteiger partial charge is 0.410 e. The minimum Gasteiger partial charge on any atom is -0.445 e. The number of aromatic amines is 1. The molecule has 6 aromatic rings. The molecule has 9 nitrogen and oxygen atoms in total. The molecule has 9 heteroatoms. The molecule has 3 aliphatic rings. The number of carbonyl (C=O) groups is 2. The van der Waals surface area contributed by atoms with Crippen molar-refractivity contribution in [3.63, 3.8) is 0 Å². The Labute approximate surface area is 333 Å². The number of aromatic nitrogens is 2. The molecule has 9 rings (SSSR count). The zero-order valence-corrected chi connectivity index (χ0v) is 32.7. The normalized spacial score (nSPS) is 17.8. The van der Waals surface area contributed by atoms with Crippen molar-refractivity contribution in [1.29, 1.82) is 0 Å². The average molecular weight is 758 g/mol. The van der Waals surface area contributed by atoms with Gasteiger partial charge in [0.25, 0.3) is 0 Å². The quantitative estimate of drug-likeness (QED) is 0.175. The zero-order chi connectivity index (χ0) is 39.1. The molecule has 0 radical (unpaired) electrons. The molecule has 1 N–H and O–H groups in total. The van der Waals surface area contributed by atoms with E-state index < -0.39 is 5.60 Å². The third-order valence-electron chi connectivity index (χ3n) is 11.3. The average Bonchev–Trinajstić information content (AvgIpc) is 4.05. The lowest BCUT2D eigenvalue weighted by Crippen LogP contribution is -2.43. The van der Waals surface area contributed by atoms with Gasteiger partial charge in [0.1, 0.15) is 18.0 Å². The van der Waals surface area contributed by atoms with E-state index in [2.05, 4.69) is 83.8 Å². The molecule has 1 aromatic heterocycles. The number of hydrogen-bond donors (Lipinski definition) is 1. The molecule has 2 saturated heterocycles. The first-order valence-electron chi connectivity index (χ1n) is 20.0. The number of aliphatic imine (C=N–C) groups is 1. The van der Waals surface area contributed by atoms with Crippen LogP contribution in [-0.4, -0.2) is 62.4 Å². The van der Waals surface area contributed by atoms with Gasteiger partial charge in [0.05, 0.1) is 29.7 Å². The third-order valence-corrected chi connectivity index (χ3v) is 11.3. The third kappa shape index (κ3) is 7.66. The van der Waals surface area contributed by atoms with E-state index >= 15 is 0 Å². The second-order valence-electron chi connectivity index (χ2n) is 16.4. The Morgan fingerprint density at radius 2 is 1.35 bits per heavy atom. The minimum atomic E-state index is -0.528. The Kier molecular flexibility index (Phi) is 9.60. The molecule has 3 aliphatic heterocycles. The summed E-state index contributed by atoms with van der Waals surface area (Å²) >= 11 is 0. The van der Waals surface area contributed by atoms with Gasteiger partial charge in [0.2, 0.25) is 0 Å². The molecular weight excluding hydrogens is 711 g/mol. The molecule has 0 saturated carbocycles. The summed E-state index contributed by atoms with van der Waals surface area (Å²) in [6.07, 6.45) is 5.64. The SMILES string of the molecule is CC(C)(C)OC(=O)N1CCC[C@H]1C1=Nc2ccc(-c3ccc4ccc(-c5ccc(-c6cnc([C@@H]7CCCN7C(=O)OCc7ccccc7)[nH]6)cc5)cc4c3)cc2C1. The number of ether oxygens (including phenoxy) is 2. The van der Waals surface area contributed by atoms with Gasteiger partial charge in [-0.25, -0.2) is 14.6 Å². The van der Waals surface area contributed by atoms with Gasteiger partial charge in [-0.05, 0) is 120 Å². The number of amides is 2. The van der Waals surface area contributed by atoms with Gasteiger partial charge in [0.15, 0.2) is 0 Å². The summed E-state index contributed by atoms with van der Waals surface area (Å²) in [5.41, 5.74) is 10.2. The van der Waals surface area contributed by atoms with Gasteiger partial charge in [0, 0.05) is 25.2 Å². The maximum absolute atomic E-state index is 13.0. The van der Waals surface area contributed by atoms with Crippen molar-refractivity contribution in [3.05, 3.63) is 132 Å². The maximum atomic E-state index is 13.0. The molecule has 0 aliphatic carbocycles. The van der Waals surface area contributed by atoms with E-state index in [1.807, 2.05) is 62.2 Å². The number of hydrogen-bond acceptors (Lipinski definition) is 6. The second kappa shape index (κ2) is 15.0. The molecule has 57 heavy (non-hydrogen) atoms. The van der Waals surface area contributed by atoms with E-state index in [1.165, 1.54) is 16.3 Å². The largest absolute Gasteiger partial charge is 0.445 e. The van der Waals surface area contributed by atoms with E-state index in [1.54, 1.807) is 4.90 Å². The molecule has 2 fully saturated rings. The van der Waals surface area contributed by atoms with Crippen LogP contribution in [0.25, 0.3) is 44.3 Å². The number of nitrogens with zero attached hydrogens (tertiary/aromatic N) is 4. The molecule has 5 aromatic carbocycles. The number of carbonyl (C=O) groups excluding carboxylic acids is 2. The molecule has 0 spiro atoms. The summed E-state index contributed by atoms with van der Waals surface area (Å²) in [4.78, 5) is 42.8. The number of nitrogens with one attached hydrogen (secondary N) is 1. The first kappa shape index (κ1) is 36.4. The summed E-state index contributed by atoms with van der Waals surface area (Å²) in [7, 11) is 0. The Hall–Kier alpha value is -6.22. The maximum Gasteiger partial charge on any atom is 0.410 e. The number of likely N-dealkylation sites (tertiary alicyclic amines) is 2. The van der Waals surface area contributed by atoms with Gasteiger partial charge in [-0.15, -0.1) is 0 Å². The van der Waals surface area contributed by atoms with Gasteiger partial charge >= 0.3 is 12.2 Å². The van der Waals surface area contributed by atoms with Crippen LogP contribution in [-0.2, 0) is 22.5 Å². The highest BCUT2D eigenvalue weighted by Gasteiger charge is 2.37. The summed E-state index contributed by atoms with van der Waals surface area (Å²) < 4.78 is 11.4. The van der Waals surface area contributed by atoms with Gasteiger partial charge < -0.3 is 14.5 Å². The van der Waals surface area contributed by atoms with Crippen LogP contribution in [0.3, 0.4) is 0 Å². The van der Waals surface area contributed by atoms with Gasteiger partial charge in [-0.1, -0.05) is 84.9 Å². The van der Waals surface area contributed by atoms with Crippen LogP contribution in [0.1, 0.15) is 69.4 Å². The lowest BCUT2D eigenvalue weighted by molar-refractivity contribution is 0.0265. The molecule has 0 unspecified atom stereocenters. The number of benzene rings is 5. The predicted octanol–water partition coefficient (Wildman–Crippen LogP) is 11.1. The van der Waals surface area contributed by atoms with E-state index in [0.717, 1.165) is 88.4 Å². The Balaban J connectivity index is 0.873. The fraction of sp³-hybridized carbons (Fsp3) is 0.292. The lowest BCUT2D eigenvalue weighted by Gasteiger charge is -2.28. The summed E-state index contributed by atoms with van der Waals surface area (Å²) in [5.74, 6) is 0.781. The van der Waals surface area contributed by atoms with Crippen molar-refractivity contribution in [3.8, 4) is 33.5 Å². The second-order valence-corrected chi connectivity index (χ2v) is 16.4. The van der Waals surface area contributed by atoms with Crippen molar-refractivity contribution in [1.82, 2.24) is 19.8 Å². The van der Waals surface area contributed by atoms with E-state index in [-0.39, 0.29) is 30.9 Å². The summed E-state index contributed by atoms with van der Waals surface area (Å²) in [6, 6.07) is 37.9. The van der Waals surface area contributed by atoms with Gasteiger partial charge in [-0.2, -0.15) is 0 Å². The fourth-order valence-electron chi connectivity index (χ4n) is 8.42. The lowest BCUT2D eigenvalue weighted by atomic mass is 9.95. The van der Waals surface area contributed by atoms with Crippen molar-refractivity contribution >= 4 is 34.4 Å². The van der Waals surface area contributed by atoms with Crippen LogP contribution >= 0.6 is 0 Å². The minimum absolute atomic E-state index is 0.0216. The molecule has 4 heterocycles. The standard InChI is InChI=1S/C48H47N5O4/c1-48(2,3)57-47(55)52-23-7-11-43(52)41-28-39-27-37(21-22-40(39)50-41)36-20-16-33-15-19-35(25-38(33)26-36)32-13-17-34(18-14-32)42-29-49-45(51-42)44-12-8-24-53(44)46(54)56-30-31-9-5-4-6-10-31/h4-6,9-10,13-22,25-27,29,43-44H,7-8,11-12,23-24,28,30H2,1-3H3,(H,49,51)/t43-,44-/m0/s1. The topological polar surface area (TPSA) is 100 Å². The highest BCUT2D eigenvalue weighted by Crippen LogP contribution is 2.37. The number of fused-ring (bicyclic) bond motifs is 2. The highest BCUT2D eigenvalue weighted by atomic mass is 16.6. The molecule has 2 atom stereocenters. The number of imidazole rings is 1. The van der Waals surface area contributed by atoms with Crippen molar-refractivity contribution in [2.75, 3.05) is 13.1 Å². The molecule has 2 amide bonds. The monoisotopic (exact) mass is 757 g/mol. The van der Waals surface area contributed by atoms with Crippen molar-refractivity contribution < 1.29 is 19.1 Å². The fourth-order valence-corrected chi connectivity index (χ4v) is 8.42. The van der Waals surface area contributed by atoms with Crippen molar-refractivity contribution in [2.24, 2.45) is 4.99 Å². The number of H-pyrrole nitrogens is 1. The van der Waals surface area contributed by atoms with Crippen LogP contribution in [0, 0.1) is 0 Å². The van der Waals surface area contributed by atoms with E-state index in [9.17, 15) is 9.59 Å². The highest BCUT2D eigenvalue weighted by molar-refractivity contribution is 6.00. The first-order chi connectivity index (χ1) is 27.6.